The first-order valence-corrected chi connectivity index (χ1v) is 5.60. The first-order valence-electron chi connectivity index (χ1n) is 4.43. The molecule has 3 heteroatoms. The number of hydrogen-bond donors (Lipinski definition) is 1. The lowest BCUT2D eigenvalue weighted by Crippen LogP contribution is -2.08. The number of benzene rings is 1. The Hall–Kier alpha value is -0.0500. The van der Waals surface area contributed by atoms with Crippen LogP contribution in [0.1, 0.15) is 17.9 Å². The van der Waals surface area contributed by atoms with E-state index in [1.54, 1.807) is 0 Å². The summed E-state index contributed by atoms with van der Waals surface area (Å²) >= 11 is 9.56. The van der Waals surface area contributed by atoms with Crippen molar-refractivity contribution in [1.29, 1.82) is 0 Å². The van der Waals surface area contributed by atoms with Gasteiger partial charge in [0.2, 0.25) is 0 Å². The van der Waals surface area contributed by atoms with Crippen molar-refractivity contribution >= 4 is 27.5 Å². The van der Waals surface area contributed by atoms with Crippen LogP contribution in [0.15, 0.2) is 22.7 Å². The van der Waals surface area contributed by atoms with Crippen LogP contribution in [-0.4, -0.2) is 13.1 Å². The van der Waals surface area contributed by atoms with Gasteiger partial charge in [-0.05, 0) is 36.6 Å². The molecule has 0 amide bonds. The van der Waals surface area contributed by atoms with E-state index in [1.165, 1.54) is 12.0 Å². The number of hydrogen-bond acceptors (Lipinski definition) is 1. The first kappa shape index (κ1) is 9.50. The van der Waals surface area contributed by atoms with Gasteiger partial charge in [0.05, 0.1) is 0 Å². The molecule has 1 fully saturated rings. The lowest BCUT2D eigenvalue weighted by molar-refractivity contribution is 0.763. The van der Waals surface area contributed by atoms with Crippen LogP contribution in [0.2, 0.25) is 5.02 Å². The predicted octanol–water partition coefficient (Wildman–Crippen LogP) is 3.18. The fourth-order valence-corrected chi connectivity index (χ4v) is 2.58. The zero-order chi connectivity index (χ0) is 9.26. The SMILES string of the molecule is Clc1cc(Br)ccc1[C@H]1CCNC1. The molecule has 0 bridgehead atoms. The van der Waals surface area contributed by atoms with Crippen molar-refractivity contribution in [3.05, 3.63) is 33.3 Å². The second-order valence-electron chi connectivity index (χ2n) is 3.36. The first-order chi connectivity index (χ1) is 6.27. The van der Waals surface area contributed by atoms with Gasteiger partial charge in [-0.1, -0.05) is 33.6 Å². The third-order valence-corrected chi connectivity index (χ3v) is 3.28. The highest BCUT2D eigenvalue weighted by Gasteiger charge is 2.18. The summed E-state index contributed by atoms with van der Waals surface area (Å²) in [6, 6.07) is 6.14. The Morgan fingerprint density at radius 3 is 2.92 bits per heavy atom. The fourth-order valence-electron chi connectivity index (χ4n) is 1.75. The Labute approximate surface area is 91.6 Å². The van der Waals surface area contributed by atoms with Crippen LogP contribution in [0, 0.1) is 0 Å². The molecule has 1 N–H and O–H groups in total. The van der Waals surface area contributed by atoms with Gasteiger partial charge >= 0.3 is 0 Å². The summed E-state index contributed by atoms with van der Waals surface area (Å²) in [5.74, 6) is 0.598. The van der Waals surface area contributed by atoms with Gasteiger partial charge in [0.15, 0.2) is 0 Å². The van der Waals surface area contributed by atoms with Crippen LogP contribution >= 0.6 is 27.5 Å². The topological polar surface area (TPSA) is 12.0 Å². The van der Waals surface area contributed by atoms with Gasteiger partial charge < -0.3 is 5.32 Å². The quantitative estimate of drug-likeness (QED) is 0.818. The molecule has 0 spiro atoms. The molecule has 0 aliphatic carbocycles. The Kier molecular flexibility index (Phi) is 2.92. The smallest absolute Gasteiger partial charge is 0.0452 e. The van der Waals surface area contributed by atoms with Crippen molar-refractivity contribution in [1.82, 2.24) is 5.32 Å². The highest BCUT2D eigenvalue weighted by atomic mass is 79.9. The Morgan fingerprint density at radius 2 is 2.31 bits per heavy atom. The zero-order valence-electron chi connectivity index (χ0n) is 7.19. The molecular formula is C10H11BrClN. The zero-order valence-corrected chi connectivity index (χ0v) is 9.53. The highest BCUT2D eigenvalue weighted by Crippen LogP contribution is 2.30. The van der Waals surface area contributed by atoms with Crippen LogP contribution in [0.3, 0.4) is 0 Å². The van der Waals surface area contributed by atoms with E-state index in [-0.39, 0.29) is 0 Å². The van der Waals surface area contributed by atoms with E-state index in [0.29, 0.717) is 5.92 Å². The summed E-state index contributed by atoms with van der Waals surface area (Å²) < 4.78 is 1.05. The molecule has 0 unspecified atom stereocenters. The van der Waals surface area contributed by atoms with E-state index in [0.717, 1.165) is 22.6 Å². The minimum Gasteiger partial charge on any atom is -0.316 e. The fraction of sp³-hybridized carbons (Fsp3) is 0.400. The third-order valence-electron chi connectivity index (χ3n) is 2.46. The van der Waals surface area contributed by atoms with Crippen LogP contribution < -0.4 is 5.32 Å². The van der Waals surface area contributed by atoms with E-state index < -0.39 is 0 Å². The molecule has 0 saturated carbocycles. The monoisotopic (exact) mass is 259 g/mol. The van der Waals surface area contributed by atoms with Crippen molar-refractivity contribution in [2.24, 2.45) is 0 Å². The molecule has 1 aromatic carbocycles. The Balaban J connectivity index is 2.29. The molecule has 1 nitrogen and oxygen atoms in total. The summed E-state index contributed by atoms with van der Waals surface area (Å²) in [5, 5.41) is 4.22. The van der Waals surface area contributed by atoms with E-state index in [1.807, 2.05) is 6.07 Å². The van der Waals surface area contributed by atoms with Crippen molar-refractivity contribution in [2.45, 2.75) is 12.3 Å². The molecule has 0 radical (unpaired) electrons. The van der Waals surface area contributed by atoms with Gasteiger partial charge in [0.25, 0.3) is 0 Å². The van der Waals surface area contributed by atoms with Gasteiger partial charge in [0.1, 0.15) is 0 Å². The van der Waals surface area contributed by atoms with E-state index >= 15 is 0 Å². The van der Waals surface area contributed by atoms with Crippen LogP contribution in [-0.2, 0) is 0 Å². The number of rotatable bonds is 1. The Morgan fingerprint density at radius 1 is 1.46 bits per heavy atom. The summed E-state index contributed by atoms with van der Waals surface area (Å²) in [5.41, 5.74) is 1.27. The van der Waals surface area contributed by atoms with E-state index in [9.17, 15) is 0 Å². The molecule has 1 aliphatic rings. The van der Waals surface area contributed by atoms with Crippen LogP contribution in [0.25, 0.3) is 0 Å². The van der Waals surface area contributed by atoms with E-state index in [2.05, 4.69) is 33.4 Å². The average Bonchev–Trinajstić information content (AvgIpc) is 2.56. The molecule has 1 aliphatic heterocycles. The lowest BCUT2D eigenvalue weighted by atomic mass is 9.99. The minimum absolute atomic E-state index is 0.598. The molecule has 1 atom stereocenters. The summed E-state index contributed by atoms with van der Waals surface area (Å²) in [7, 11) is 0. The van der Waals surface area contributed by atoms with Gasteiger partial charge in [-0.2, -0.15) is 0 Å². The Bertz CT molecular complexity index is 308. The molecular weight excluding hydrogens is 249 g/mol. The maximum Gasteiger partial charge on any atom is 0.0452 e. The minimum atomic E-state index is 0.598. The molecule has 2 rings (SSSR count). The van der Waals surface area contributed by atoms with Crippen molar-refractivity contribution in [3.8, 4) is 0 Å². The molecule has 1 saturated heterocycles. The standard InChI is InChI=1S/C10H11BrClN/c11-8-1-2-9(10(12)5-8)7-3-4-13-6-7/h1-2,5,7,13H,3-4,6H2/t7-/m0/s1. The maximum atomic E-state index is 6.15. The maximum absolute atomic E-state index is 6.15. The van der Waals surface area contributed by atoms with Gasteiger partial charge in [-0.3, -0.25) is 0 Å². The number of halogens is 2. The second kappa shape index (κ2) is 3.99. The number of nitrogens with one attached hydrogen (secondary N) is 1. The van der Waals surface area contributed by atoms with Crippen molar-refractivity contribution in [3.63, 3.8) is 0 Å². The largest absolute Gasteiger partial charge is 0.316 e. The summed E-state index contributed by atoms with van der Waals surface area (Å²) in [4.78, 5) is 0. The predicted molar refractivity (Wildman–Crippen MR) is 59.4 cm³/mol. The molecule has 1 aromatic rings. The lowest BCUT2D eigenvalue weighted by Gasteiger charge is -2.10. The van der Waals surface area contributed by atoms with Crippen LogP contribution in [0.5, 0.6) is 0 Å². The van der Waals surface area contributed by atoms with Crippen LogP contribution in [0.4, 0.5) is 0 Å². The molecule has 1 heterocycles. The third kappa shape index (κ3) is 2.06. The highest BCUT2D eigenvalue weighted by molar-refractivity contribution is 9.10. The van der Waals surface area contributed by atoms with Gasteiger partial charge in [0, 0.05) is 16.0 Å². The average molecular weight is 261 g/mol. The molecule has 70 valence electrons. The van der Waals surface area contributed by atoms with Gasteiger partial charge in [-0.25, -0.2) is 0 Å². The van der Waals surface area contributed by atoms with Crippen molar-refractivity contribution in [2.75, 3.05) is 13.1 Å². The summed E-state index contributed by atoms with van der Waals surface area (Å²) in [6.45, 7) is 2.17. The molecule has 0 aromatic heterocycles. The normalized spacial score (nSPS) is 22.2. The molecule has 13 heavy (non-hydrogen) atoms. The summed E-state index contributed by atoms with van der Waals surface area (Å²) in [6.07, 6.45) is 1.20. The van der Waals surface area contributed by atoms with Gasteiger partial charge in [-0.15, -0.1) is 0 Å². The van der Waals surface area contributed by atoms with Crippen molar-refractivity contribution < 1.29 is 0 Å². The van der Waals surface area contributed by atoms with E-state index in [4.69, 9.17) is 11.6 Å². The second-order valence-corrected chi connectivity index (χ2v) is 4.68.